The van der Waals surface area contributed by atoms with E-state index in [1.54, 1.807) is 12.1 Å². The van der Waals surface area contributed by atoms with Gasteiger partial charge in [-0.25, -0.2) is 5.06 Å². The highest BCUT2D eigenvalue weighted by atomic mass is 16.5. The van der Waals surface area contributed by atoms with Gasteiger partial charge in [0.25, 0.3) is 5.91 Å². The van der Waals surface area contributed by atoms with Crippen molar-refractivity contribution in [3.8, 4) is 5.75 Å². The number of carbonyl (C=O) groups is 1. The van der Waals surface area contributed by atoms with Crippen molar-refractivity contribution in [1.82, 2.24) is 5.06 Å². The first-order chi connectivity index (χ1) is 5.63. The number of aromatic hydroxyl groups is 1. The summed E-state index contributed by atoms with van der Waals surface area (Å²) in [5.41, 5.74) is 0.0856. The minimum atomic E-state index is -0.631. The average molecular weight is 167 g/mol. The zero-order valence-electron chi connectivity index (χ0n) is 6.56. The van der Waals surface area contributed by atoms with E-state index in [2.05, 4.69) is 0 Å². The van der Waals surface area contributed by atoms with Gasteiger partial charge in [-0.2, -0.15) is 0 Å². The summed E-state index contributed by atoms with van der Waals surface area (Å²) in [5, 5.41) is 18.4. The summed E-state index contributed by atoms with van der Waals surface area (Å²) in [6, 6.07) is 6.03. The molecule has 0 bridgehead atoms. The second kappa shape index (κ2) is 3.23. The van der Waals surface area contributed by atoms with Crippen LogP contribution in [-0.2, 0) is 0 Å². The van der Waals surface area contributed by atoms with Gasteiger partial charge in [-0.15, -0.1) is 0 Å². The molecule has 0 aliphatic carbocycles. The molecule has 0 aromatic heterocycles. The Kier molecular flexibility index (Phi) is 2.30. The molecule has 0 atom stereocenters. The van der Waals surface area contributed by atoms with Crippen molar-refractivity contribution in [1.29, 1.82) is 0 Å². The number of benzene rings is 1. The van der Waals surface area contributed by atoms with Crippen LogP contribution in [0.5, 0.6) is 5.75 Å². The largest absolute Gasteiger partial charge is 0.507 e. The maximum Gasteiger partial charge on any atom is 0.280 e. The lowest BCUT2D eigenvalue weighted by molar-refractivity contribution is -0.0376. The van der Waals surface area contributed by atoms with E-state index < -0.39 is 5.91 Å². The Labute approximate surface area is 69.6 Å². The zero-order chi connectivity index (χ0) is 9.14. The summed E-state index contributed by atoms with van der Waals surface area (Å²) in [6.45, 7) is 0. The Morgan fingerprint density at radius 3 is 2.50 bits per heavy atom. The summed E-state index contributed by atoms with van der Waals surface area (Å²) >= 11 is 0. The molecule has 0 saturated carbocycles. The Morgan fingerprint density at radius 2 is 2.00 bits per heavy atom. The average Bonchev–Trinajstić information content (AvgIpc) is 2.04. The topological polar surface area (TPSA) is 60.8 Å². The lowest BCUT2D eigenvalue weighted by Gasteiger charge is -2.08. The number of amides is 1. The summed E-state index contributed by atoms with van der Waals surface area (Å²) in [5.74, 6) is -0.767. The zero-order valence-corrected chi connectivity index (χ0v) is 6.56. The third-order valence-electron chi connectivity index (χ3n) is 1.43. The quantitative estimate of drug-likeness (QED) is 0.481. The Morgan fingerprint density at radius 1 is 1.42 bits per heavy atom. The first kappa shape index (κ1) is 8.55. The van der Waals surface area contributed by atoms with E-state index in [0.717, 1.165) is 0 Å². The molecule has 64 valence electrons. The number of hydroxylamine groups is 2. The molecule has 0 aliphatic heterocycles. The van der Waals surface area contributed by atoms with Gasteiger partial charge in [-0.1, -0.05) is 12.1 Å². The normalized spacial score (nSPS) is 9.50. The molecule has 0 fully saturated rings. The smallest absolute Gasteiger partial charge is 0.280 e. The molecule has 0 saturated heterocycles. The molecular weight excluding hydrogens is 158 g/mol. The van der Waals surface area contributed by atoms with Crippen molar-refractivity contribution in [2.45, 2.75) is 0 Å². The Balaban J connectivity index is 3.03. The van der Waals surface area contributed by atoms with Crippen molar-refractivity contribution in [3.05, 3.63) is 29.8 Å². The van der Waals surface area contributed by atoms with E-state index in [9.17, 15) is 9.90 Å². The molecule has 1 rings (SSSR count). The highest BCUT2D eigenvalue weighted by Gasteiger charge is 2.12. The van der Waals surface area contributed by atoms with E-state index in [0.29, 0.717) is 5.06 Å². The van der Waals surface area contributed by atoms with Crippen molar-refractivity contribution in [3.63, 3.8) is 0 Å². The number of rotatable bonds is 1. The van der Waals surface area contributed by atoms with Gasteiger partial charge in [0.1, 0.15) is 5.75 Å². The first-order valence-corrected chi connectivity index (χ1v) is 3.38. The van der Waals surface area contributed by atoms with Crippen LogP contribution in [0.2, 0.25) is 0 Å². The number of carbonyl (C=O) groups excluding carboxylic acids is 1. The van der Waals surface area contributed by atoms with Crippen LogP contribution in [0.1, 0.15) is 10.4 Å². The van der Waals surface area contributed by atoms with Crippen molar-refractivity contribution >= 4 is 5.91 Å². The van der Waals surface area contributed by atoms with Gasteiger partial charge in [0.15, 0.2) is 0 Å². The molecule has 4 nitrogen and oxygen atoms in total. The van der Waals surface area contributed by atoms with Crippen LogP contribution in [-0.4, -0.2) is 28.3 Å². The van der Waals surface area contributed by atoms with Gasteiger partial charge < -0.3 is 5.11 Å². The second-order valence-electron chi connectivity index (χ2n) is 2.35. The molecule has 0 radical (unpaired) electrons. The van der Waals surface area contributed by atoms with Crippen molar-refractivity contribution in [2.75, 3.05) is 7.05 Å². The van der Waals surface area contributed by atoms with E-state index in [1.165, 1.54) is 19.2 Å². The predicted molar refractivity (Wildman–Crippen MR) is 42.0 cm³/mol. The minimum Gasteiger partial charge on any atom is -0.507 e. The van der Waals surface area contributed by atoms with Crippen LogP contribution in [0.4, 0.5) is 0 Å². The SMILES string of the molecule is CN(O)C(=O)c1ccccc1O. The summed E-state index contributed by atoms with van der Waals surface area (Å²) in [6.07, 6.45) is 0. The molecule has 1 amide bonds. The van der Waals surface area contributed by atoms with Crippen molar-refractivity contribution < 1.29 is 15.1 Å². The molecule has 1 aromatic rings. The maximum absolute atomic E-state index is 11.1. The van der Waals surface area contributed by atoms with E-state index >= 15 is 0 Å². The van der Waals surface area contributed by atoms with Crippen molar-refractivity contribution in [2.24, 2.45) is 0 Å². The minimum absolute atomic E-state index is 0.0856. The summed E-state index contributed by atoms with van der Waals surface area (Å²) < 4.78 is 0. The van der Waals surface area contributed by atoms with Crippen LogP contribution >= 0.6 is 0 Å². The standard InChI is InChI=1S/C8H9NO3/c1-9(12)8(11)6-4-2-3-5-7(6)10/h2-5,10,12H,1H3. The fourth-order valence-corrected chi connectivity index (χ4v) is 0.829. The Hall–Kier alpha value is -1.55. The first-order valence-electron chi connectivity index (χ1n) is 3.38. The molecule has 2 N–H and O–H groups in total. The molecule has 0 aliphatic rings. The maximum atomic E-state index is 11.1. The van der Waals surface area contributed by atoms with Crippen LogP contribution in [0, 0.1) is 0 Å². The highest BCUT2D eigenvalue weighted by molar-refractivity contribution is 5.95. The fraction of sp³-hybridized carbons (Fsp3) is 0.125. The third kappa shape index (κ3) is 1.54. The molecular formula is C8H9NO3. The molecule has 0 spiro atoms. The third-order valence-corrected chi connectivity index (χ3v) is 1.43. The van der Waals surface area contributed by atoms with Crippen LogP contribution < -0.4 is 0 Å². The van der Waals surface area contributed by atoms with Crippen LogP contribution in [0.15, 0.2) is 24.3 Å². The van der Waals surface area contributed by atoms with E-state index in [1.807, 2.05) is 0 Å². The molecule has 0 unspecified atom stereocenters. The summed E-state index contributed by atoms with van der Waals surface area (Å²) in [7, 11) is 1.20. The molecule has 4 heteroatoms. The second-order valence-corrected chi connectivity index (χ2v) is 2.35. The predicted octanol–water partition coefficient (Wildman–Crippen LogP) is 0.853. The number of para-hydroxylation sites is 1. The lowest BCUT2D eigenvalue weighted by atomic mass is 10.2. The van der Waals surface area contributed by atoms with Crippen LogP contribution in [0.3, 0.4) is 0 Å². The number of hydrogen-bond donors (Lipinski definition) is 2. The highest BCUT2D eigenvalue weighted by Crippen LogP contribution is 2.16. The number of hydrogen-bond acceptors (Lipinski definition) is 3. The van der Waals surface area contributed by atoms with E-state index in [-0.39, 0.29) is 11.3 Å². The monoisotopic (exact) mass is 167 g/mol. The van der Waals surface area contributed by atoms with Gasteiger partial charge in [-0.3, -0.25) is 10.0 Å². The van der Waals surface area contributed by atoms with Crippen LogP contribution in [0.25, 0.3) is 0 Å². The van der Waals surface area contributed by atoms with Gasteiger partial charge in [-0.05, 0) is 12.1 Å². The van der Waals surface area contributed by atoms with Gasteiger partial charge in [0.2, 0.25) is 0 Å². The van der Waals surface area contributed by atoms with E-state index in [4.69, 9.17) is 5.21 Å². The fourth-order valence-electron chi connectivity index (χ4n) is 0.829. The number of nitrogens with zero attached hydrogens (tertiary/aromatic N) is 1. The Bertz CT molecular complexity index is 296. The lowest BCUT2D eigenvalue weighted by Crippen LogP contribution is -2.22. The summed E-state index contributed by atoms with van der Waals surface area (Å²) in [4.78, 5) is 11.1. The molecule has 12 heavy (non-hydrogen) atoms. The number of phenolic OH excluding ortho intramolecular Hbond substituents is 1. The van der Waals surface area contributed by atoms with Gasteiger partial charge in [0, 0.05) is 7.05 Å². The number of phenols is 1. The van der Waals surface area contributed by atoms with Gasteiger partial charge in [0.05, 0.1) is 5.56 Å². The molecule has 0 heterocycles. The van der Waals surface area contributed by atoms with Gasteiger partial charge >= 0.3 is 0 Å². The molecule has 1 aromatic carbocycles.